The number of allylic oxidation sites excluding steroid dienone is 1. The summed E-state index contributed by atoms with van der Waals surface area (Å²) in [6.45, 7) is 0.702. The monoisotopic (exact) mass is 401 g/mol. The highest BCUT2D eigenvalue weighted by molar-refractivity contribution is 5.96. The number of para-hydroxylation sites is 1. The molecule has 5 nitrogen and oxygen atoms in total. The Morgan fingerprint density at radius 2 is 1.76 bits per heavy atom. The van der Waals surface area contributed by atoms with Gasteiger partial charge in [-0.15, -0.1) is 0 Å². The highest BCUT2D eigenvalue weighted by atomic mass is 19.3. The van der Waals surface area contributed by atoms with Crippen molar-refractivity contribution in [2.24, 2.45) is 0 Å². The number of rotatable bonds is 6. The van der Waals surface area contributed by atoms with Gasteiger partial charge in [0, 0.05) is 29.9 Å². The number of halogens is 2. The second kappa shape index (κ2) is 8.03. The predicted molar refractivity (Wildman–Crippen MR) is 104 cm³/mol. The third-order valence-corrected chi connectivity index (χ3v) is 4.90. The van der Waals surface area contributed by atoms with Gasteiger partial charge in [0.1, 0.15) is 5.75 Å². The molecule has 29 heavy (non-hydrogen) atoms. The maximum atomic E-state index is 12.4. The maximum absolute atomic E-state index is 12.4. The van der Waals surface area contributed by atoms with Gasteiger partial charge in [-0.1, -0.05) is 32.0 Å². The van der Waals surface area contributed by atoms with Gasteiger partial charge in [-0.05, 0) is 35.9 Å². The van der Waals surface area contributed by atoms with E-state index in [-0.39, 0.29) is 22.5 Å². The Bertz CT molecular complexity index is 952. The minimum atomic E-state index is -2.94. The van der Waals surface area contributed by atoms with Crippen molar-refractivity contribution in [3.63, 3.8) is 0 Å². The Morgan fingerprint density at radius 3 is 2.38 bits per heavy atom. The van der Waals surface area contributed by atoms with Gasteiger partial charge < -0.3 is 14.4 Å². The number of nitrogens with zero attached hydrogens (tertiary/aromatic N) is 1. The van der Waals surface area contributed by atoms with Crippen molar-refractivity contribution >= 4 is 17.4 Å². The number of hydrogen-bond acceptors (Lipinski definition) is 5. The first-order valence-corrected chi connectivity index (χ1v) is 9.00. The van der Waals surface area contributed by atoms with Gasteiger partial charge in [0.15, 0.2) is 12.4 Å². The number of carbonyl (C=O) groups is 2. The molecule has 0 aromatic heterocycles. The van der Waals surface area contributed by atoms with E-state index in [0.29, 0.717) is 0 Å². The predicted octanol–water partition coefficient (Wildman–Crippen LogP) is 4.33. The molecule has 7 heteroatoms. The number of alkyl halides is 2. The lowest BCUT2D eigenvalue weighted by Gasteiger charge is -2.23. The molecule has 0 amide bonds. The standard InChI is InChI=1S/C22H21F2NO4/c1-22(2)17-6-4-5-7-18(17)25(3)19(22)12-15(26)13-28-20(27)14-8-10-16(11-9-14)29-21(23)24/h4-12,21H,13H2,1-3H3. The van der Waals surface area contributed by atoms with E-state index < -0.39 is 19.2 Å². The number of fused-ring (bicyclic) bond motifs is 1. The van der Waals surface area contributed by atoms with Crippen LogP contribution in [-0.4, -0.2) is 32.0 Å². The summed E-state index contributed by atoms with van der Waals surface area (Å²) in [5, 5.41) is 0. The van der Waals surface area contributed by atoms with Crippen LogP contribution in [0.2, 0.25) is 0 Å². The second-order valence-electron chi connectivity index (χ2n) is 7.18. The number of ketones is 1. The Morgan fingerprint density at radius 1 is 1.10 bits per heavy atom. The van der Waals surface area contributed by atoms with Crippen LogP contribution in [0.3, 0.4) is 0 Å². The molecule has 1 aliphatic rings. The van der Waals surface area contributed by atoms with Crippen molar-refractivity contribution in [1.82, 2.24) is 0 Å². The van der Waals surface area contributed by atoms with E-state index in [1.54, 1.807) is 0 Å². The fraction of sp³-hybridized carbons (Fsp3) is 0.273. The van der Waals surface area contributed by atoms with E-state index in [4.69, 9.17) is 4.74 Å². The van der Waals surface area contributed by atoms with Crippen molar-refractivity contribution in [3.05, 3.63) is 71.4 Å². The molecule has 2 aromatic rings. The van der Waals surface area contributed by atoms with Crippen molar-refractivity contribution in [2.45, 2.75) is 25.9 Å². The van der Waals surface area contributed by atoms with Crippen LogP contribution in [-0.2, 0) is 14.9 Å². The van der Waals surface area contributed by atoms with Gasteiger partial charge in [-0.25, -0.2) is 4.79 Å². The van der Waals surface area contributed by atoms with Crippen LogP contribution in [0.5, 0.6) is 5.75 Å². The number of likely N-dealkylation sites (N-methyl/N-ethyl adjacent to an activating group) is 1. The first-order chi connectivity index (χ1) is 13.7. The normalized spacial score (nSPS) is 16.1. The minimum absolute atomic E-state index is 0.0663. The topological polar surface area (TPSA) is 55.8 Å². The highest BCUT2D eigenvalue weighted by Gasteiger charge is 2.38. The fourth-order valence-electron chi connectivity index (χ4n) is 3.45. The molecule has 0 saturated heterocycles. The lowest BCUT2D eigenvalue weighted by Crippen LogP contribution is -2.25. The van der Waals surface area contributed by atoms with E-state index in [1.165, 1.54) is 30.3 Å². The summed E-state index contributed by atoms with van der Waals surface area (Å²) in [4.78, 5) is 26.5. The zero-order chi connectivity index (χ0) is 21.2. The SMILES string of the molecule is CN1C(=CC(=O)COC(=O)c2ccc(OC(F)F)cc2)C(C)(C)c2ccccc21. The lowest BCUT2D eigenvalue weighted by molar-refractivity contribution is -0.117. The van der Waals surface area contributed by atoms with Gasteiger partial charge >= 0.3 is 12.6 Å². The first-order valence-electron chi connectivity index (χ1n) is 9.00. The van der Waals surface area contributed by atoms with Crippen LogP contribution >= 0.6 is 0 Å². The quantitative estimate of drug-likeness (QED) is 0.533. The number of anilines is 1. The van der Waals surface area contributed by atoms with E-state index in [2.05, 4.69) is 4.74 Å². The summed E-state index contributed by atoms with van der Waals surface area (Å²) in [7, 11) is 1.89. The summed E-state index contributed by atoms with van der Waals surface area (Å²) in [5.74, 6) is -1.13. The zero-order valence-corrected chi connectivity index (χ0v) is 16.3. The third-order valence-electron chi connectivity index (χ3n) is 4.90. The van der Waals surface area contributed by atoms with Crippen molar-refractivity contribution in [2.75, 3.05) is 18.6 Å². The van der Waals surface area contributed by atoms with Crippen LogP contribution in [0.4, 0.5) is 14.5 Å². The summed E-state index contributed by atoms with van der Waals surface area (Å²) in [6, 6.07) is 13.0. The molecule has 0 saturated carbocycles. The van der Waals surface area contributed by atoms with Crippen LogP contribution in [0.25, 0.3) is 0 Å². The van der Waals surface area contributed by atoms with Crippen molar-refractivity contribution in [3.8, 4) is 5.75 Å². The molecule has 0 bridgehead atoms. The Labute approximate surface area is 167 Å². The highest BCUT2D eigenvalue weighted by Crippen LogP contribution is 2.46. The Hall–Kier alpha value is -3.22. The molecule has 3 rings (SSSR count). The average Bonchev–Trinajstić information content (AvgIpc) is 2.87. The minimum Gasteiger partial charge on any atom is -0.454 e. The molecule has 0 N–H and O–H groups in total. The third kappa shape index (κ3) is 4.29. The largest absolute Gasteiger partial charge is 0.454 e. The van der Waals surface area contributed by atoms with E-state index >= 15 is 0 Å². The van der Waals surface area contributed by atoms with Gasteiger partial charge in [0.2, 0.25) is 0 Å². The average molecular weight is 401 g/mol. The summed E-state index contributed by atoms with van der Waals surface area (Å²) in [6.07, 6.45) is 1.49. The molecule has 0 unspecified atom stereocenters. The number of hydrogen-bond donors (Lipinski definition) is 0. The fourth-order valence-corrected chi connectivity index (χ4v) is 3.45. The van der Waals surface area contributed by atoms with Gasteiger partial charge in [-0.3, -0.25) is 4.79 Å². The molecule has 1 aliphatic heterocycles. The lowest BCUT2D eigenvalue weighted by atomic mass is 9.83. The molecule has 0 aliphatic carbocycles. The molecular weight excluding hydrogens is 380 g/mol. The first kappa shape index (κ1) is 20.5. The molecule has 0 fully saturated rings. The van der Waals surface area contributed by atoms with Gasteiger partial charge in [-0.2, -0.15) is 8.78 Å². The van der Waals surface area contributed by atoms with E-state index in [1.807, 2.05) is 50.1 Å². The summed E-state index contributed by atoms with van der Waals surface area (Å²) < 4.78 is 33.6. The van der Waals surface area contributed by atoms with Gasteiger partial charge in [0.05, 0.1) is 5.56 Å². The molecule has 0 spiro atoms. The zero-order valence-electron chi connectivity index (χ0n) is 16.3. The van der Waals surface area contributed by atoms with E-state index in [0.717, 1.165) is 16.9 Å². The molecular formula is C22H21F2NO4. The van der Waals surface area contributed by atoms with Crippen LogP contribution in [0.15, 0.2) is 60.3 Å². The number of carbonyl (C=O) groups excluding carboxylic acids is 2. The summed E-state index contributed by atoms with van der Waals surface area (Å²) >= 11 is 0. The molecule has 2 aromatic carbocycles. The molecule has 152 valence electrons. The van der Waals surface area contributed by atoms with Crippen molar-refractivity contribution < 1.29 is 27.8 Å². The van der Waals surface area contributed by atoms with Gasteiger partial charge in [0.25, 0.3) is 0 Å². The number of esters is 1. The van der Waals surface area contributed by atoms with Crippen molar-refractivity contribution in [1.29, 1.82) is 0 Å². The Kier molecular flexibility index (Phi) is 5.68. The van der Waals surface area contributed by atoms with E-state index in [9.17, 15) is 18.4 Å². The maximum Gasteiger partial charge on any atom is 0.387 e. The van der Waals surface area contributed by atoms with Crippen LogP contribution in [0.1, 0.15) is 29.8 Å². The smallest absolute Gasteiger partial charge is 0.387 e. The number of ether oxygens (including phenoxy) is 2. The Balaban J connectivity index is 1.65. The second-order valence-corrected chi connectivity index (χ2v) is 7.18. The molecule has 1 heterocycles. The van der Waals surface area contributed by atoms with Crippen LogP contribution in [0, 0.1) is 0 Å². The molecule has 0 radical (unpaired) electrons. The summed E-state index contributed by atoms with van der Waals surface area (Å²) in [5.41, 5.74) is 2.74. The van der Waals surface area contributed by atoms with Crippen LogP contribution < -0.4 is 9.64 Å². The molecule has 0 atom stereocenters. The number of benzene rings is 2.